The van der Waals surface area contributed by atoms with Gasteiger partial charge in [0.25, 0.3) is 5.91 Å². The van der Waals surface area contributed by atoms with Crippen molar-refractivity contribution < 1.29 is 63.7 Å². The third-order valence-electron chi connectivity index (χ3n) is 16.6. The van der Waals surface area contributed by atoms with Gasteiger partial charge in [0.1, 0.15) is 22.9 Å². The topological polar surface area (TPSA) is 265 Å². The van der Waals surface area contributed by atoms with Gasteiger partial charge in [-0.3, -0.25) is 29.2 Å². The molecule has 3 unspecified atom stereocenters. The highest BCUT2D eigenvalue weighted by molar-refractivity contribution is 5.95. The van der Waals surface area contributed by atoms with Crippen LogP contribution in [0.3, 0.4) is 0 Å². The van der Waals surface area contributed by atoms with Crippen LogP contribution in [0.4, 0.5) is 5.69 Å². The molecule has 11 atom stereocenters. The Morgan fingerprint density at radius 3 is 2.32 bits per heavy atom. The fourth-order valence-electron chi connectivity index (χ4n) is 13.9. The number of carboxylic acids is 2. The number of aliphatic hydroxyl groups is 3. The molecule has 6 aliphatic rings. The molecule has 0 radical (unpaired) electrons. The number of ether oxygens (including phenoxy) is 3. The highest BCUT2D eigenvalue weighted by atomic mass is 16.6. The summed E-state index contributed by atoms with van der Waals surface area (Å²) in [6.07, 6.45) is 6.81. The van der Waals surface area contributed by atoms with E-state index in [2.05, 4.69) is 80.3 Å². The van der Waals surface area contributed by atoms with Crippen LogP contribution in [0.5, 0.6) is 5.75 Å². The van der Waals surface area contributed by atoms with Gasteiger partial charge in [-0.05, 0) is 73.5 Å². The van der Waals surface area contributed by atoms with Crippen molar-refractivity contribution in [2.24, 2.45) is 11.3 Å². The highest BCUT2D eigenvalue weighted by Crippen LogP contribution is 2.68. The number of aliphatic hydroxyl groups excluding tert-OH is 2. The molecule has 19 heteroatoms. The molecular formula is C54H64N6O13. The van der Waals surface area contributed by atoms with E-state index in [0.717, 1.165) is 59.5 Å². The maximum atomic E-state index is 15.3. The van der Waals surface area contributed by atoms with Crippen molar-refractivity contribution in [3.05, 3.63) is 113 Å². The van der Waals surface area contributed by atoms with Crippen molar-refractivity contribution in [2.45, 2.75) is 99.8 Å². The molecule has 2 fully saturated rings. The fourth-order valence-corrected chi connectivity index (χ4v) is 13.9. The number of pyridine rings is 1. The SMILES string of the molecule is CCC1=C[C@@H]2CN(C1)Cc1c([nH]c3ccccc13)[C@@](C(=O)OC)(c1cc3c(cc1OC)N(C)[C@H]1[C@@](O)(CNC(=O)c4ccncc4)[C@H](OC(C)=O)[C@]4(CC)C=CCN5CC[C@]31[C@@H]54)C2.O=C(O)C(O)C(O)C(=O)O. The first-order chi connectivity index (χ1) is 34.9. The molecule has 7 N–H and O–H groups in total. The van der Waals surface area contributed by atoms with Crippen LogP contribution in [0.2, 0.25) is 0 Å². The molecule has 73 heavy (non-hydrogen) atoms. The van der Waals surface area contributed by atoms with Gasteiger partial charge in [-0.2, -0.15) is 0 Å². The normalized spacial score (nSPS) is 30.3. The highest BCUT2D eigenvalue weighted by Gasteiger charge is 2.78. The van der Waals surface area contributed by atoms with E-state index in [0.29, 0.717) is 49.2 Å². The molecule has 19 nitrogen and oxygen atoms in total. The van der Waals surface area contributed by atoms with E-state index in [1.807, 2.05) is 25.2 Å². The standard InChI is InChI=1S/C50H58N6O7.C4H6O6/c1-7-31-22-32-25-49(46(59)62-6,41-35(28-55(26-31)27-32)34-12-9-10-13-38(34)53-41)37-23-36-39(24-40(37)61-5)54(4)44-48(36)17-21-56-20-11-16-47(8-2,43(48)56)45(63-30(3)57)50(44,60)29-52-42(58)33-14-18-51-19-15-33;5-1(3(7)8)2(6)4(9)10/h9-16,18-19,22-24,32,43-45,53,60H,7-8,17,20-21,25-29H2,1-6H3,(H,52,58);1-2,5-6H,(H,7,8)(H,9,10)/t32-,43-,44+,45+,47+,48+,49-,50-;/m0./s1. The summed E-state index contributed by atoms with van der Waals surface area (Å²) in [5.74, 6) is -4.22. The second-order valence-electron chi connectivity index (χ2n) is 20.3. The van der Waals surface area contributed by atoms with Crippen LogP contribution in [0, 0.1) is 11.3 Å². The molecule has 388 valence electrons. The molecule has 2 aromatic heterocycles. The molecule has 1 saturated carbocycles. The minimum atomic E-state index is -2.27. The van der Waals surface area contributed by atoms with Gasteiger partial charge in [0, 0.05) is 109 Å². The monoisotopic (exact) mass is 1000 g/mol. The maximum Gasteiger partial charge on any atom is 0.335 e. The van der Waals surface area contributed by atoms with Gasteiger partial charge in [0.05, 0.1) is 26.8 Å². The van der Waals surface area contributed by atoms with E-state index in [1.165, 1.54) is 19.6 Å². The van der Waals surface area contributed by atoms with Crippen molar-refractivity contribution in [2.75, 3.05) is 58.9 Å². The molecule has 1 amide bonds. The Bertz CT molecular complexity index is 2890. The van der Waals surface area contributed by atoms with Crippen molar-refractivity contribution in [1.29, 1.82) is 0 Å². The Morgan fingerprint density at radius 1 is 0.959 bits per heavy atom. The zero-order valence-corrected chi connectivity index (χ0v) is 41.8. The Hall–Kier alpha value is -6.64. The summed E-state index contributed by atoms with van der Waals surface area (Å²) in [4.78, 5) is 77.0. The number of hydrogen-bond acceptors (Lipinski definition) is 15. The summed E-state index contributed by atoms with van der Waals surface area (Å²) in [7, 11) is 5.10. The molecule has 2 aromatic carbocycles. The number of para-hydroxylation sites is 1. The third-order valence-corrected chi connectivity index (χ3v) is 16.6. The zero-order chi connectivity index (χ0) is 52.4. The molecule has 5 aliphatic heterocycles. The second kappa shape index (κ2) is 19.3. The Kier molecular flexibility index (Phi) is 13.6. The number of H-pyrrole nitrogens is 1. The van der Waals surface area contributed by atoms with Gasteiger partial charge in [0.2, 0.25) is 0 Å². The number of carboxylic acid groups (broad SMARTS) is 2. The summed E-state index contributed by atoms with van der Waals surface area (Å²) in [5.41, 5.74) is 2.38. The van der Waals surface area contributed by atoms with E-state index in [1.54, 1.807) is 31.6 Å². The number of anilines is 1. The lowest BCUT2D eigenvalue weighted by molar-refractivity contribution is -0.216. The van der Waals surface area contributed by atoms with Crippen LogP contribution < -0.4 is 15.0 Å². The first-order valence-corrected chi connectivity index (χ1v) is 24.7. The quantitative estimate of drug-likeness (QED) is 0.0793. The lowest BCUT2D eigenvalue weighted by Crippen LogP contribution is -2.81. The van der Waals surface area contributed by atoms with Gasteiger partial charge in [0.15, 0.2) is 12.2 Å². The number of amides is 1. The van der Waals surface area contributed by atoms with Gasteiger partial charge < -0.3 is 54.9 Å². The van der Waals surface area contributed by atoms with E-state index in [4.69, 9.17) is 34.6 Å². The number of aromatic amines is 1. The van der Waals surface area contributed by atoms with Crippen LogP contribution >= 0.6 is 0 Å². The Morgan fingerprint density at radius 2 is 1.67 bits per heavy atom. The summed E-state index contributed by atoms with van der Waals surface area (Å²) in [6, 6.07) is 14.9. The number of aliphatic carboxylic acids is 2. The number of benzene rings is 2. The van der Waals surface area contributed by atoms with Crippen molar-refractivity contribution >= 4 is 46.4 Å². The predicted octanol–water partition coefficient (Wildman–Crippen LogP) is 3.28. The number of nitrogens with one attached hydrogen (secondary N) is 2. The number of hydrogen-bond donors (Lipinski definition) is 7. The number of nitrogens with zero attached hydrogens (tertiary/aromatic N) is 4. The van der Waals surface area contributed by atoms with Crippen LogP contribution in [0.25, 0.3) is 10.9 Å². The number of fused-ring (bicyclic) bond motifs is 6. The minimum Gasteiger partial charge on any atom is -0.496 e. The van der Waals surface area contributed by atoms with Gasteiger partial charge in [-0.25, -0.2) is 9.59 Å². The van der Waals surface area contributed by atoms with Crippen LogP contribution in [-0.2, 0) is 46.0 Å². The number of esters is 2. The lowest BCUT2D eigenvalue weighted by Gasteiger charge is -2.64. The number of carbonyl (C=O) groups is 5. The average Bonchev–Trinajstić information content (AvgIpc) is 4.04. The first-order valence-electron chi connectivity index (χ1n) is 24.7. The van der Waals surface area contributed by atoms with E-state index >= 15 is 4.79 Å². The second-order valence-corrected chi connectivity index (χ2v) is 20.3. The van der Waals surface area contributed by atoms with Crippen molar-refractivity contribution in [3.63, 3.8) is 0 Å². The van der Waals surface area contributed by atoms with Crippen LogP contribution in [-0.4, -0.2) is 165 Å². The summed E-state index contributed by atoms with van der Waals surface area (Å²) in [6.45, 7) is 9.23. The molecule has 1 spiro atoms. The smallest absolute Gasteiger partial charge is 0.335 e. The fraction of sp³-hybridized carbons (Fsp3) is 0.481. The number of carbonyl (C=O) groups excluding carboxylic acids is 3. The van der Waals surface area contributed by atoms with Gasteiger partial charge in [-0.1, -0.05) is 55.8 Å². The molecular weight excluding hydrogens is 941 g/mol. The minimum absolute atomic E-state index is 0.0328. The van der Waals surface area contributed by atoms with Crippen molar-refractivity contribution in [3.8, 4) is 5.75 Å². The van der Waals surface area contributed by atoms with E-state index in [-0.39, 0.29) is 30.4 Å². The Labute approximate surface area is 422 Å². The number of rotatable bonds is 12. The average molecular weight is 1010 g/mol. The first kappa shape index (κ1) is 51.3. The molecule has 10 rings (SSSR count). The third kappa shape index (κ3) is 7.98. The summed E-state index contributed by atoms with van der Waals surface area (Å²) >= 11 is 0. The predicted molar refractivity (Wildman–Crippen MR) is 266 cm³/mol. The Balaban J connectivity index is 0.000000595. The molecule has 7 heterocycles. The van der Waals surface area contributed by atoms with E-state index < -0.39 is 64.1 Å². The van der Waals surface area contributed by atoms with Crippen molar-refractivity contribution in [1.82, 2.24) is 25.1 Å². The molecule has 1 saturated heterocycles. The molecule has 1 aliphatic carbocycles. The number of aromatic nitrogens is 2. The molecule has 4 aromatic rings. The summed E-state index contributed by atoms with van der Waals surface area (Å²) in [5, 5.41) is 50.5. The zero-order valence-electron chi connectivity index (χ0n) is 41.8. The van der Waals surface area contributed by atoms with Gasteiger partial charge >= 0.3 is 23.9 Å². The van der Waals surface area contributed by atoms with E-state index in [9.17, 15) is 24.3 Å². The van der Waals surface area contributed by atoms with Gasteiger partial charge in [-0.15, -0.1) is 0 Å². The van der Waals surface area contributed by atoms with Crippen LogP contribution in [0.15, 0.2) is 84.7 Å². The maximum absolute atomic E-state index is 15.3. The lowest BCUT2D eigenvalue weighted by atomic mass is 9.47. The van der Waals surface area contributed by atoms with Crippen LogP contribution in [0.1, 0.15) is 79.2 Å². The summed E-state index contributed by atoms with van der Waals surface area (Å²) < 4.78 is 18.8. The molecule has 2 bridgehead atoms. The largest absolute Gasteiger partial charge is 0.496 e. The number of likely N-dealkylation sites (N-methyl/N-ethyl adjacent to an activating group) is 1. The number of methoxy groups -OCH3 is 2.